The lowest BCUT2D eigenvalue weighted by Crippen LogP contribution is -2.28. The van der Waals surface area contributed by atoms with Crippen LogP contribution in [0.5, 0.6) is 11.5 Å². The van der Waals surface area contributed by atoms with Gasteiger partial charge in [-0.15, -0.1) is 0 Å². The Hall–Kier alpha value is -3.35. The quantitative estimate of drug-likeness (QED) is 0.772. The number of nitrogen functional groups attached to an aromatic ring is 1. The van der Waals surface area contributed by atoms with Crippen molar-refractivity contribution < 1.29 is 14.3 Å². The summed E-state index contributed by atoms with van der Waals surface area (Å²) in [5.41, 5.74) is 7.34. The lowest BCUT2D eigenvalue weighted by Gasteiger charge is -2.22. The van der Waals surface area contributed by atoms with Gasteiger partial charge in [-0.1, -0.05) is 18.2 Å². The van der Waals surface area contributed by atoms with Crippen LogP contribution in [0.4, 0.5) is 11.6 Å². The molecule has 0 atom stereocenters. The molecule has 0 bridgehead atoms. The first-order valence-electron chi connectivity index (χ1n) is 7.83. The number of carbonyl (C=O) groups excluding carboxylic acids is 1. The maximum absolute atomic E-state index is 13.0. The Kier molecular flexibility index (Phi) is 3.61. The molecule has 1 aromatic heterocycles. The largest absolute Gasteiger partial charge is 0.486 e. The highest BCUT2D eigenvalue weighted by molar-refractivity contribution is 6.12. The van der Waals surface area contributed by atoms with Gasteiger partial charge in [-0.3, -0.25) is 4.79 Å². The van der Waals surface area contributed by atoms with E-state index in [-0.39, 0.29) is 17.5 Å². The van der Waals surface area contributed by atoms with Crippen molar-refractivity contribution in [2.45, 2.75) is 0 Å². The minimum absolute atomic E-state index is 0.0672. The number of nitrogens with zero attached hydrogens (tertiary/aromatic N) is 3. The second kappa shape index (κ2) is 5.94. The molecule has 0 saturated heterocycles. The summed E-state index contributed by atoms with van der Waals surface area (Å²) < 4.78 is 11.1. The molecule has 4 rings (SSSR count). The predicted molar refractivity (Wildman–Crippen MR) is 94.1 cm³/mol. The topological polar surface area (TPSA) is 90.6 Å². The molecule has 0 spiro atoms. The minimum Gasteiger partial charge on any atom is -0.486 e. The predicted octanol–water partition coefficient (Wildman–Crippen LogP) is 2.26. The van der Waals surface area contributed by atoms with E-state index in [2.05, 4.69) is 9.97 Å². The van der Waals surface area contributed by atoms with Gasteiger partial charge in [-0.25, -0.2) is 9.97 Å². The van der Waals surface area contributed by atoms with Crippen LogP contribution in [0.25, 0.3) is 10.9 Å². The van der Waals surface area contributed by atoms with E-state index in [0.29, 0.717) is 41.3 Å². The van der Waals surface area contributed by atoms with E-state index >= 15 is 0 Å². The van der Waals surface area contributed by atoms with Crippen molar-refractivity contribution in [3.63, 3.8) is 0 Å². The van der Waals surface area contributed by atoms with Gasteiger partial charge in [0, 0.05) is 24.2 Å². The van der Waals surface area contributed by atoms with Crippen LogP contribution in [0.3, 0.4) is 0 Å². The van der Waals surface area contributed by atoms with Gasteiger partial charge in [0.1, 0.15) is 18.9 Å². The molecule has 0 radical (unpaired) electrons. The van der Waals surface area contributed by atoms with E-state index < -0.39 is 0 Å². The number of aromatic nitrogens is 2. The van der Waals surface area contributed by atoms with E-state index in [9.17, 15) is 4.79 Å². The first-order valence-corrected chi connectivity index (χ1v) is 7.83. The van der Waals surface area contributed by atoms with Crippen molar-refractivity contribution in [2.75, 3.05) is 30.9 Å². The van der Waals surface area contributed by atoms with Crippen LogP contribution in [0.2, 0.25) is 0 Å². The number of anilines is 2. The molecule has 2 aromatic carbocycles. The van der Waals surface area contributed by atoms with Crippen LogP contribution in [-0.4, -0.2) is 36.1 Å². The number of amides is 1. The highest BCUT2D eigenvalue weighted by atomic mass is 16.6. The summed E-state index contributed by atoms with van der Waals surface area (Å²) in [6.07, 6.45) is 0. The van der Waals surface area contributed by atoms with Gasteiger partial charge in [0.15, 0.2) is 11.5 Å². The number of hydrogen-bond donors (Lipinski definition) is 1. The molecule has 0 unspecified atom stereocenters. The molecular formula is C18H16N4O3. The standard InChI is InChI=1S/C18H16N4O3/c1-22(11-6-7-14-15(10-11)25-9-8-24-14)17(23)16-12-4-2-3-5-13(12)20-18(19)21-16/h2-7,10H,8-9H2,1H3,(H2,19,20,21). The highest BCUT2D eigenvalue weighted by Gasteiger charge is 2.21. The summed E-state index contributed by atoms with van der Waals surface area (Å²) in [4.78, 5) is 22.8. The van der Waals surface area contributed by atoms with Gasteiger partial charge < -0.3 is 20.1 Å². The van der Waals surface area contributed by atoms with Crippen molar-refractivity contribution in [3.05, 3.63) is 48.2 Å². The number of benzene rings is 2. The van der Waals surface area contributed by atoms with Gasteiger partial charge in [-0.05, 0) is 18.2 Å². The van der Waals surface area contributed by atoms with E-state index in [1.807, 2.05) is 12.1 Å². The molecule has 126 valence electrons. The molecule has 0 saturated carbocycles. The van der Waals surface area contributed by atoms with Gasteiger partial charge >= 0.3 is 0 Å². The maximum Gasteiger partial charge on any atom is 0.277 e. The monoisotopic (exact) mass is 336 g/mol. The summed E-state index contributed by atoms with van der Waals surface area (Å²) >= 11 is 0. The Morgan fingerprint density at radius 2 is 1.84 bits per heavy atom. The minimum atomic E-state index is -0.276. The molecule has 2 N–H and O–H groups in total. The van der Waals surface area contributed by atoms with Crippen molar-refractivity contribution in [2.24, 2.45) is 0 Å². The molecule has 1 amide bonds. The second-order valence-electron chi connectivity index (χ2n) is 5.64. The summed E-state index contributed by atoms with van der Waals surface area (Å²) in [7, 11) is 1.68. The Morgan fingerprint density at radius 3 is 2.68 bits per heavy atom. The summed E-state index contributed by atoms with van der Waals surface area (Å²) in [6, 6.07) is 12.7. The van der Waals surface area contributed by atoms with Crippen molar-refractivity contribution in [1.29, 1.82) is 0 Å². The van der Waals surface area contributed by atoms with Crippen LogP contribution in [0, 0.1) is 0 Å². The zero-order chi connectivity index (χ0) is 17.4. The van der Waals surface area contributed by atoms with E-state index in [4.69, 9.17) is 15.2 Å². The molecular weight excluding hydrogens is 320 g/mol. The van der Waals surface area contributed by atoms with Crippen LogP contribution in [-0.2, 0) is 0 Å². The smallest absolute Gasteiger partial charge is 0.277 e. The van der Waals surface area contributed by atoms with Gasteiger partial charge in [0.05, 0.1) is 5.52 Å². The lowest BCUT2D eigenvalue weighted by molar-refractivity contribution is 0.0990. The van der Waals surface area contributed by atoms with Gasteiger partial charge in [0.2, 0.25) is 5.95 Å². The van der Waals surface area contributed by atoms with Crippen LogP contribution < -0.4 is 20.1 Å². The fraction of sp³-hybridized carbons (Fsp3) is 0.167. The zero-order valence-electron chi connectivity index (χ0n) is 13.6. The van der Waals surface area contributed by atoms with E-state index in [1.54, 1.807) is 37.4 Å². The third-order valence-electron chi connectivity index (χ3n) is 4.04. The molecule has 25 heavy (non-hydrogen) atoms. The lowest BCUT2D eigenvalue weighted by atomic mass is 10.1. The molecule has 0 fully saturated rings. The number of ether oxygens (including phenoxy) is 2. The molecule has 7 heteroatoms. The zero-order valence-corrected chi connectivity index (χ0v) is 13.6. The average Bonchev–Trinajstić information content (AvgIpc) is 2.65. The van der Waals surface area contributed by atoms with Crippen molar-refractivity contribution in [3.8, 4) is 11.5 Å². The van der Waals surface area contributed by atoms with Crippen LogP contribution >= 0.6 is 0 Å². The maximum atomic E-state index is 13.0. The number of rotatable bonds is 2. The number of hydrogen-bond acceptors (Lipinski definition) is 6. The van der Waals surface area contributed by atoms with Crippen molar-refractivity contribution >= 4 is 28.4 Å². The van der Waals surface area contributed by atoms with Gasteiger partial charge in [-0.2, -0.15) is 0 Å². The molecule has 3 aromatic rings. The normalized spacial score (nSPS) is 12.8. The Labute approximate surface area is 144 Å². The van der Waals surface area contributed by atoms with Crippen LogP contribution in [0.15, 0.2) is 42.5 Å². The Morgan fingerprint density at radius 1 is 1.08 bits per heavy atom. The third-order valence-corrected chi connectivity index (χ3v) is 4.04. The second-order valence-corrected chi connectivity index (χ2v) is 5.64. The number of fused-ring (bicyclic) bond motifs is 2. The number of nitrogens with two attached hydrogens (primary N) is 1. The first kappa shape index (κ1) is 15.2. The molecule has 7 nitrogen and oxygen atoms in total. The summed E-state index contributed by atoms with van der Waals surface area (Å²) in [5, 5.41) is 0.658. The molecule has 2 heterocycles. The van der Waals surface area contributed by atoms with E-state index in [0.717, 1.165) is 0 Å². The number of carbonyl (C=O) groups is 1. The molecule has 0 aliphatic carbocycles. The highest BCUT2D eigenvalue weighted by Crippen LogP contribution is 2.34. The Balaban J connectivity index is 1.74. The van der Waals surface area contributed by atoms with Gasteiger partial charge in [0.25, 0.3) is 5.91 Å². The first-order chi connectivity index (χ1) is 12.1. The fourth-order valence-electron chi connectivity index (χ4n) is 2.77. The van der Waals surface area contributed by atoms with E-state index in [1.165, 1.54) is 4.90 Å². The van der Waals surface area contributed by atoms with Crippen molar-refractivity contribution in [1.82, 2.24) is 9.97 Å². The third kappa shape index (κ3) is 2.69. The SMILES string of the molecule is CN(C(=O)c1nc(N)nc2ccccc12)c1ccc2c(c1)OCCO2. The fourth-order valence-corrected chi connectivity index (χ4v) is 2.77. The number of para-hydroxylation sites is 1. The summed E-state index contributed by atoms with van der Waals surface area (Å²) in [5.74, 6) is 1.09. The van der Waals surface area contributed by atoms with Crippen LogP contribution in [0.1, 0.15) is 10.5 Å². The average molecular weight is 336 g/mol. The summed E-state index contributed by atoms with van der Waals surface area (Å²) in [6.45, 7) is 1.01. The molecule has 1 aliphatic heterocycles. The Bertz CT molecular complexity index is 974. The molecule has 1 aliphatic rings.